The highest BCUT2D eigenvalue weighted by Gasteiger charge is 2.25. The van der Waals surface area contributed by atoms with Crippen molar-refractivity contribution in [2.45, 2.75) is 31.1 Å². The monoisotopic (exact) mass is 303 g/mol. The van der Waals surface area contributed by atoms with Crippen LogP contribution < -0.4 is 5.32 Å². The van der Waals surface area contributed by atoms with Gasteiger partial charge >= 0.3 is 10.0 Å². The Morgan fingerprint density at radius 3 is 2.85 bits per heavy atom. The molecule has 3 heterocycles. The first-order valence-corrected chi connectivity index (χ1v) is 7.26. The maximum Gasteiger partial charge on any atom is 0.302 e. The van der Waals surface area contributed by atoms with Crippen molar-refractivity contribution >= 4 is 10.0 Å². The second-order valence-electron chi connectivity index (χ2n) is 4.35. The lowest BCUT2D eigenvalue weighted by Crippen LogP contribution is -2.17. The number of fused-ring (bicyclic) bond motifs is 1. The van der Waals surface area contributed by atoms with Crippen molar-refractivity contribution in [3.8, 4) is 0 Å². The summed E-state index contributed by atoms with van der Waals surface area (Å²) in [6.07, 6.45) is 0.0271. The molecule has 0 amide bonds. The largest absolute Gasteiger partial charge is 0.307 e. The third-order valence-corrected chi connectivity index (χ3v) is 4.34. The Bertz CT molecular complexity index is 715. The molecule has 3 rings (SSSR count). The molecule has 2 aromatic heterocycles. The van der Waals surface area contributed by atoms with Crippen LogP contribution in [0.5, 0.6) is 0 Å². The number of halogens is 2. The molecule has 1 N–H and O–H groups in total. The molecule has 0 radical (unpaired) electrons. The molecule has 10 heteroatoms. The SMILES string of the molecule is O=S(=O)(c1ccn(CC(F)F)n1)n1cc2c(n1)CNC2. The van der Waals surface area contributed by atoms with E-state index in [-0.39, 0.29) is 5.03 Å². The van der Waals surface area contributed by atoms with E-state index in [2.05, 4.69) is 15.5 Å². The van der Waals surface area contributed by atoms with Crippen molar-refractivity contribution in [1.29, 1.82) is 0 Å². The lowest BCUT2D eigenvalue weighted by atomic mass is 10.3. The zero-order chi connectivity index (χ0) is 14.3. The standard InChI is InChI=1S/C10H11F2N5O2S/c11-9(12)6-16-2-1-10(15-16)20(18,19)17-5-7-3-13-4-8(7)14-17/h1-2,5,9,13H,3-4,6H2. The van der Waals surface area contributed by atoms with Crippen molar-refractivity contribution in [3.63, 3.8) is 0 Å². The summed E-state index contributed by atoms with van der Waals surface area (Å²) in [5.74, 6) is 0. The first-order valence-electron chi connectivity index (χ1n) is 5.82. The summed E-state index contributed by atoms with van der Waals surface area (Å²) in [6, 6.07) is 1.18. The molecular formula is C10H11F2N5O2S. The van der Waals surface area contributed by atoms with Crippen LogP contribution in [0.4, 0.5) is 8.78 Å². The van der Waals surface area contributed by atoms with Crippen molar-refractivity contribution in [2.24, 2.45) is 0 Å². The molecule has 0 saturated carbocycles. The fraction of sp³-hybridized carbons (Fsp3) is 0.400. The number of rotatable bonds is 4. The van der Waals surface area contributed by atoms with E-state index in [1.165, 1.54) is 18.5 Å². The number of nitrogens with one attached hydrogen (secondary N) is 1. The first kappa shape index (κ1) is 13.2. The quantitative estimate of drug-likeness (QED) is 0.871. The van der Waals surface area contributed by atoms with Gasteiger partial charge in [0.25, 0.3) is 6.43 Å². The van der Waals surface area contributed by atoms with Gasteiger partial charge in [0.1, 0.15) is 6.54 Å². The zero-order valence-electron chi connectivity index (χ0n) is 10.2. The fourth-order valence-corrected chi connectivity index (χ4v) is 3.08. The van der Waals surface area contributed by atoms with Gasteiger partial charge in [-0.2, -0.15) is 22.7 Å². The highest BCUT2D eigenvalue weighted by molar-refractivity contribution is 7.89. The van der Waals surface area contributed by atoms with Crippen LogP contribution in [-0.2, 0) is 29.7 Å². The normalized spacial score (nSPS) is 14.9. The van der Waals surface area contributed by atoms with E-state index in [0.717, 1.165) is 14.3 Å². The van der Waals surface area contributed by atoms with Gasteiger partial charge in [-0.25, -0.2) is 8.78 Å². The van der Waals surface area contributed by atoms with Crippen LogP contribution in [0, 0.1) is 0 Å². The third-order valence-electron chi connectivity index (χ3n) is 2.92. The van der Waals surface area contributed by atoms with E-state index in [1.807, 2.05) is 0 Å². The Morgan fingerprint density at radius 2 is 2.15 bits per heavy atom. The van der Waals surface area contributed by atoms with Crippen LogP contribution in [0.1, 0.15) is 11.3 Å². The molecule has 7 nitrogen and oxygen atoms in total. The molecule has 2 aromatic rings. The number of aromatic nitrogens is 4. The zero-order valence-corrected chi connectivity index (χ0v) is 11.0. The van der Waals surface area contributed by atoms with Crippen molar-refractivity contribution in [1.82, 2.24) is 24.3 Å². The summed E-state index contributed by atoms with van der Waals surface area (Å²) in [4.78, 5) is 0. The minimum atomic E-state index is -3.93. The predicted molar refractivity (Wildman–Crippen MR) is 63.6 cm³/mol. The Morgan fingerprint density at radius 1 is 1.35 bits per heavy atom. The number of nitrogens with zero attached hydrogens (tertiary/aromatic N) is 4. The minimum absolute atomic E-state index is 0.299. The first-order chi connectivity index (χ1) is 9.46. The topological polar surface area (TPSA) is 81.8 Å². The average molecular weight is 303 g/mol. The van der Waals surface area contributed by atoms with Crippen molar-refractivity contribution in [3.05, 3.63) is 29.7 Å². The van der Waals surface area contributed by atoms with E-state index in [1.54, 1.807) is 0 Å². The Balaban J connectivity index is 1.92. The van der Waals surface area contributed by atoms with Gasteiger partial charge in [0, 0.05) is 31.0 Å². The van der Waals surface area contributed by atoms with Crippen LogP contribution >= 0.6 is 0 Å². The summed E-state index contributed by atoms with van der Waals surface area (Å²) < 4.78 is 50.7. The minimum Gasteiger partial charge on any atom is -0.307 e. The molecule has 1 aliphatic rings. The molecule has 0 atom stereocenters. The smallest absolute Gasteiger partial charge is 0.302 e. The molecule has 20 heavy (non-hydrogen) atoms. The van der Waals surface area contributed by atoms with Gasteiger partial charge in [-0.15, -0.1) is 0 Å². The van der Waals surface area contributed by atoms with Crippen molar-refractivity contribution in [2.75, 3.05) is 0 Å². The Hall–Kier alpha value is -1.81. The highest BCUT2D eigenvalue weighted by Crippen LogP contribution is 2.17. The fourth-order valence-electron chi connectivity index (χ4n) is 1.97. The van der Waals surface area contributed by atoms with Gasteiger partial charge in [-0.3, -0.25) is 4.68 Å². The molecule has 0 bridgehead atoms. The Labute approximate surface area is 113 Å². The lowest BCUT2D eigenvalue weighted by Gasteiger charge is -2.02. The van der Waals surface area contributed by atoms with E-state index >= 15 is 0 Å². The van der Waals surface area contributed by atoms with Crippen LogP contribution in [0.15, 0.2) is 23.5 Å². The average Bonchev–Trinajstić information content (AvgIpc) is 3.00. The second-order valence-corrected chi connectivity index (χ2v) is 6.09. The van der Waals surface area contributed by atoms with Crippen LogP contribution in [0.25, 0.3) is 0 Å². The number of hydrogen-bond donors (Lipinski definition) is 1. The van der Waals surface area contributed by atoms with Gasteiger partial charge < -0.3 is 5.32 Å². The van der Waals surface area contributed by atoms with Crippen molar-refractivity contribution < 1.29 is 17.2 Å². The van der Waals surface area contributed by atoms with Crippen LogP contribution in [0.2, 0.25) is 0 Å². The van der Waals surface area contributed by atoms with Gasteiger partial charge in [-0.1, -0.05) is 0 Å². The predicted octanol–water partition coefficient (Wildman–Crippen LogP) is 0.185. The third kappa shape index (κ3) is 2.20. The molecule has 0 aliphatic carbocycles. The molecule has 1 aliphatic heterocycles. The van der Waals surface area contributed by atoms with Crippen LogP contribution in [-0.4, -0.2) is 33.8 Å². The van der Waals surface area contributed by atoms with E-state index in [0.29, 0.717) is 18.8 Å². The maximum absolute atomic E-state index is 12.3. The highest BCUT2D eigenvalue weighted by atomic mass is 32.2. The number of hydrogen-bond acceptors (Lipinski definition) is 5. The summed E-state index contributed by atoms with van der Waals surface area (Å²) >= 11 is 0. The number of alkyl halides is 2. The van der Waals surface area contributed by atoms with Crippen LogP contribution in [0.3, 0.4) is 0 Å². The summed E-state index contributed by atoms with van der Waals surface area (Å²) in [5.41, 5.74) is 1.47. The molecule has 0 spiro atoms. The van der Waals surface area contributed by atoms with Gasteiger partial charge in [-0.05, 0) is 6.07 Å². The molecule has 0 unspecified atom stereocenters. The van der Waals surface area contributed by atoms with E-state index in [4.69, 9.17) is 0 Å². The van der Waals surface area contributed by atoms with E-state index < -0.39 is 23.0 Å². The maximum atomic E-state index is 12.3. The molecule has 0 aromatic carbocycles. The lowest BCUT2D eigenvalue weighted by molar-refractivity contribution is 0.121. The van der Waals surface area contributed by atoms with Gasteiger partial charge in [0.2, 0.25) is 0 Å². The molecule has 108 valence electrons. The molecule has 0 saturated heterocycles. The van der Waals surface area contributed by atoms with E-state index in [9.17, 15) is 17.2 Å². The molecule has 0 fully saturated rings. The summed E-state index contributed by atoms with van der Waals surface area (Å²) in [6.45, 7) is 0.428. The molecular weight excluding hydrogens is 292 g/mol. The Kier molecular flexibility index (Phi) is 3.05. The van der Waals surface area contributed by atoms with Gasteiger partial charge in [0.05, 0.1) is 5.69 Å². The summed E-state index contributed by atoms with van der Waals surface area (Å²) in [7, 11) is -3.93. The second kappa shape index (κ2) is 4.63. The van der Waals surface area contributed by atoms with Gasteiger partial charge in [0.15, 0.2) is 5.03 Å². The summed E-state index contributed by atoms with van der Waals surface area (Å²) in [5, 5.41) is 10.4.